The van der Waals surface area contributed by atoms with Gasteiger partial charge in [-0.2, -0.15) is 10.2 Å². The molecule has 2 aromatic carbocycles. The lowest BCUT2D eigenvalue weighted by Gasteiger charge is -2.28. The van der Waals surface area contributed by atoms with Gasteiger partial charge in [0.05, 0.1) is 23.8 Å². The Bertz CT molecular complexity index is 1730. The van der Waals surface area contributed by atoms with E-state index < -0.39 is 22.8 Å². The van der Waals surface area contributed by atoms with E-state index in [9.17, 15) is 14.4 Å². The summed E-state index contributed by atoms with van der Waals surface area (Å²) in [5, 5.41) is 9.60. The van der Waals surface area contributed by atoms with Crippen LogP contribution in [0.4, 0.5) is 0 Å². The number of likely N-dealkylation sites (tertiary alicyclic amines) is 1. The number of likely N-dealkylation sites (N-methyl/N-ethyl adjacent to an activating group) is 1. The van der Waals surface area contributed by atoms with Crippen molar-refractivity contribution in [3.63, 3.8) is 0 Å². The van der Waals surface area contributed by atoms with Crippen LogP contribution >= 0.6 is 11.3 Å². The van der Waals surface area contributed by atoms with E-state index in [1.807, 2.05) is 67.6 Å². The van der Waals surface area contributed by atoms with E-state index in [1.54, 1.807) is 35.8 Å². The molecule has 9 nitrogen and oxygen atoms in total. The number of fused-ring (bicyclic) bond motifs is 1. The van der Waals surface area contributed by atoms with Crippen molar-refractivity contribution >= 4 is 27.5 Å². The van der Waals surface area contributed by atoms with Crippen LogP contribution in [0.1, 0.15) is 36.1 Å². The molecule has 4 heterocycles. The van der Waals surface area contributed by atoms with Crippen molar-refractivity contribution < 1.29 is 4.79 Å². The maximum Gasteiger partial charge on any atom is 0.333 e. The van der Waals surface area contributed by atoms with E-state index in [0.29, 0.717) is 33.7 Å². The number of amides is 1. The molecular weight excluding hydrogens is 500 g/mol. The van der Waals surface area contributed by atoms with E-state index >= 15 is 0 Å². The molecule has 38 heavy (non-hydrogen) atoms. The highest BCUT2D eigenvalue weighted by atomic mass is 32.1. The number of nitrogens with zero attached hydrogens (tertiary/aromatic N) is 6. The summed E-state index contributed by atoms with van der Waals surface area (Å²) < 4.78 is 2.85. The fourth-order valence-corrected chi connectivity index (χ4v) is 6.69. The Labute approximate surface area is 222 Å². The lowest BCUT2D eigenvalue weighted by atomic mass is 9.97. The van der Waals surface area contributed by atoms with Gasteiger partial charge in [0.15, 0.2) is 0 Å². The lowest BCUT2D eigenvalue weighted by molar-refractivity contribution is -0.133. The van der Waals surface area contributed by atoms with Gasteiger partial charge in [-0.15, -0.1) is 4.80 Å². The van der Waals surface area contributed by atoms with E-state index in [1.165, 1.54) is 20.7 Å². The first kappa shape index (κ1) is 24.1. The molecule has 5 aromatic rings. The smallest absolute Gasteiger partial charge is 0.333 e. The number of rotatable bonds is 5. The van der Waals surface area contributed by atoms with E-state index in [2.05, 4.69) is 10.2 Å². The molecule has 1 aliphatic heterocycles. The minimum atomic E-state index is -1.30. The van der Waals surface area contributed by atoms with Crippen molar-refractivity contribution in [2.45, 2.75) is 31.8 Å². The van der Waals surface area contributed by atoms with Crippen LogP contribution in [-0.4, -0.2) is 48.5 Å². The number of hydrogen-bond acceptors (Lipinski definition) is 6. The first-order chi connectivity index (χ1) is 18.3. The minimum absolute atomic E-state index is 0.250. The minimum Gasteiger partial charge on any atom is -0.344 e. The molecule has 192 valence electrons. The molecule has 1 aliphatic rings. The van der Waals surface area contributed by atoms with Crippen LogP contribution in [0.25, 0.3) is 15.2 Å². The standard InChI is InChI=1S/C28H26N6O3S/c1-18-21-23(35)33(28(2)14-17-31(3)26(28)36)27(37)32(25(21)38-24(18)34-29-15-16-30-34)22(19-10-6-4-7-11-19)20-12-8-5-9-13-20/h4-13,15-16,22H,14,17H2,1-3H3/t28-/m1/s1. The van der Waals surface area contributed by atoms with Gasteiger partial charge in [0.1, 0.15) is 15.4 Å². The second-order valence-corrected chi connectivity index (χ2v) is 10.8. The quantitative estimate of drug-likeness (QED) is 0.350. The Balaban J connectivity index is 1.78. The maximum absolute atomic E-state index is 14.6. The third-order valence-electron chi connectivity index (χ3n) is 7.46. The van der Waals surface area contributed by atoms with Crippen LogP contribution in [0.3, 0.4) is 0 Å². The summed E-state index contributed by atoms with van der Waals surface area (Å²) in [5.41, 5.74) is 0.146. The summed E-state index contributed by atoms with van der Waals surface area (Å²) >= 11 is 1.30. The molecular formula is C28H26N6O3S. The topological polar surface area (TPSA) is 95.0 Å². The Hall–Kier alpha value is -4.31. The molecule has 0 saturated carbocycles. The highest BCUT2D eigenvalue weighted by molar-refractivity contribution is 7.21. The van der Waals surface area contributed by atoms with Crippen molar-refractivity contribution in [2.75, 3.05) is 13.6 Å². The number of carbonyl (C=O) groups is 1. The summed E-state index contributed by atoms with van der Waals surface area (Å²) in [7, 11) is 1.70. The number of carbonyl (C=O) groups excluding carboxylic acids is 1. The van der Waals surface area contributed by atoms with Gasteiger partial charge >= 0.3 is 5.69 Å². The molecule has 0 bridgehead atoms. The van der Waals surface area contributed by atoms with Gasteiger partial charge < -0.3 is 4.90 Å². The Kier molecular flexibility index (Phi) is 5.64. The van der Waals surface area contributed by atoms with Crippen molar-refractivity contribution in [3.8, 4) is 5.00 Å². The molecule has 0 radical (unpaired) electrons. The Morgan fingerprint density at radius 2 is 1.50 bits per heavy atom. The van der Waals surface area contributed by atoms with Crippen LogP contribution in [0.15, 0.2) is 82.6 Å². The van der Waals surface area contributed by atoms with Crippen LogP contribution in [-0.2, 0) is 10.3 Å². The van der Waals surface area contributed by atoms with Crippen molar-refractivity contribution in [3.05, 3.63) is 111 Å². The Morgan fingerprint density at radius 3 is 2.03 bits per heavy atom. The zero-order chi connectivity index (χ0) is 26.6. The second-order valence-electron chi connectivity index (χ2n) is 9.80. The number of aromatic nitrogens is 5. The zero-order valence-electron chi connectivity index (χ0n) is 21.2. The van der Waals surface area contributed by atoms with Gasteiger partial charge in [-0.25, -0.2) is 9.36 Å². The third kappa shape index (κ3) is 3.47. The monoisotopic (exact) mass is 526 g/mol. The molecule has 3 aromatic heterocycles. The van der Waals surface area contributed by atoms with Crippen LogP contribution < -0.4 is 11.2 Å². The average Bonchev–Trinajstić information content (AvgIpc) is 3.64. The van der Waals surface area contributed by atoms with Crippen molar-refractivity contribution in [2.24, 2.45) is 0 Å². The summed E-state index contributed by atoms with van der Waals surface area (Å²) in [5.74, 6) is -0.250. The summed E-state index contributed by atoms with van der Waals surface area (Å²) in [6.07, 6.45) is 3.50. The summed E-state index contributed by atoms with van der Waals surface area (Å²) in [6, 6.07) is 18.9. The predicted molar refractivity (Wildman–Crippen MR) is 146 cm³/mol. The van der Waals surface area contributed by atoms with E-state index in [-0.39, 0.29) is 5.91 Å². The van der Waals surface area contributed by atoms with Gasteiger partial charge in [-0.3, -0.25) is 14.2 Å². The molecule has 1 saturated heterocycles. The van der Waals surface area contributed by atoms with Gasteiger partial charge in [0.25, 0.3) is 5.56 Å². The molecule has 0 N–H and O–H groups in total. The number of thiophene rings is 1. The van der Waals surface area contributed by atoms with E-state index in [4.69, 9.17) is 0 Å². The Morgan fingerprint density at radius 1 is 0.921 bits per heavy atom. The first-order valence-corrected chi connectivity index (χ1v) is 13.2. The highest BCUT2D eigenvalue weighted by Gasteiger charge is 2.46. The number of hydrogen-bond donors (Lipinski definition) is 0. The molecule has 0 aliphatic carbocycles. The molecule has 1 fully saturated rings. The fourth-order valence-electron chi connectivity index (χ4n) is 5.45. The molecule has 10 heteroatoms. The fraction of sp³-hybridized carbons (Fsp3) is 0.250. The first-order valence-electron chi connectivity index (χ1n) is 12.4. The molecule has 0 unspecified atom stereocenters. The molecule has 6 rings (SSSR count). The lowest BCUT2D eigenvalue weighted by Crippen LogP contribution is -2.54. The largest absolute Gasteiger partial charge is 0.344 e. The van der Waals surface area contributed by atoms with Gasteiger partial charge in [0.2, 0.25) is 5.91 Å². The van der Waals surface area contributed by atoms with Crippen LogP contribution in [0.5, 0.6) is 0 Å². The predicted octanol–water partition coefficient (Wildman–Crippen LogP) is 3.33. The summed E-state index contributed by atoms with van der Waals surface area (Å²) in [6.45, 7) is 3.99. The number of aryl methyl sites for hydroxylation is 1. The van der Waals surface area contributed by atoms with Crippen LogP contribution in [0.2, 0.25) is 0 Å². The summed E-state index contributed by atoms with van der Waals surface area (Å²) in [4.78, 5) is 45.7. The molecule has 0 spiro atoms. The third-order valence-corrected chi connectivity index (χ3v) is 8.72. The maximum atomic E-state index is 14.6. The van der Waals surface area contributed by atoms with E-state index in [0.717, 1.165) is 11.1 Å². The highest BCUT2D eigenvalue weighted by Crippen LogP contribution is 2.36. The SMILES string of the molecule is Cc1c(-n2nccn2)sc2c1c(=O)n([C@]1(C)CCN(C)C1=O)c(=O)n2C(c1ccccc1)c1ccccc1. The van der Waals surface area contributed by atoms with Crippen molar-refractivity contribution in [1.29, 1.82) is 0 Å². The average molecular weight is 527 g/mol. The zero-order valence-corrected chi connectivity index (χ0v) is 22.1. The second kappa shape index (κ2) is 8.91. The number of benzene rings is 2. The normalized spacial score (nSPS) is 17.7. The van der Waals surface area contributed by atoms with Gasteiger partial charge in [-0.1, -0.05) is 72.0 Å². The van der Waals surface area contributed by atoms with Gasteiger partial charge in [-0.05, 0) is 31.4 Å². The van der Waals surface area contributed by atoms with Crippen LogP contribution in [0, 0.1) is 6.92 Å². The van der Waals surface area contributed by atoms with Crippen molar-refractivity contribution in [1.82, 2.24) is 29.0 Å². The van der Waals surface area contributed by atoms with Gasteiger partial charge in [0, 0.05) is 19.2 Å². The molecule has 1 amide bonds. The molecule has 1 atom stereocenters.